The number of hydrogen-bond donors (Lipinski definition) is 2. The van der Waals surface area contributed by atoms with Crippen LogP contribution in [0.1, 0.15) is 23.1 Å². The average molecular weight is 312 g/mol. The number of nitrogens with zero attached hydrogens (tertiary/aromatic N) is 1. The van der Waals surface area contributed by atoms with Crippen molar-refractivity contribution < 1.29 is 14.8 Å². The second-order valence-electron chi connectivity index (χ2n) is 5.58. The Morgan fingerprint density at radius 1 is 1.00 bits per heavy atom. The molecule has 4 atom stereocenters. The highest BCUT2D eigenvalue weighted by Gasteiger charge is 2.54. The lowest BCUT2D eigenvalue weighted by atomic mass is 9.85. The van der Waals surface area contributed by atoms with Crippen LogP contribution in [0.2, 0.25) is 0 Å². The van der Waals surface area contributed by atoms with Gasteiger partial charge in [-0.2, -0.15) is 0 Å². The van der Waals surface area contributed by atoms with E-state index in [1.807, 2.05) is 6.07 Å². The molecule has 0 saturated carbocycles. The van der Waals surface area contributed by atoms with Crippen molar-refractivity contribution in [3.63, 3.8) is 0 Å². The van der Waals surface area contributed by atoms with Crippen molar-refractivity contribution in [1.29, 1.82) is 0 Å². The minimum absolute atomic E-state index is 0.370. The van der Waals surface area contributed by atoms with Crippen LogP contribution < -0.4 is 5.32 Å². The second-order valence-corrected chi connectivity index (χ2v) is 5.58. The van der Waals surface area contributed by atoms with Crippen molar-refractivity contribution in [2.45, 2.75) is 24.0 Å². The highest BCUT2D eigenvalue weighted by molar-refractivity contribution is 5.76. The van der Waals surface area contributed by atoms with Gasteiger partial charge < -0.3 is 5.11 Å². The monoisotopic (exact) mass is 312 g/mol. The number of carbonyl (C=O) groups is 1. The van der Waals surface area contributed by atoms with Gasteiger partial charge in [-0.25, -0.2) is 0 Å². The minimum Gasteiger partial charge on any atom is -0.480 e. The van der Waals surface area contributed by atoms with Gasteiger partial charge in [0.15, 0.2) is 0 Å². The molecule has 0 bridgehead atoms. The van der Waals surface area contributed by atoms with Gasteiger partial charge in [-0.3, -0.25) is 20.2 Å². The quantitative estimate of drug-likeness (QED) is 0.667. The first-order chi connectivity index (χ1) is 11.1. The summed E-state index contributed by atoms with van der Waals surface area (Å²) in [6.45, 7) is 0. The van der Waals surface area contributed by atoms with E-state index in [1.54, 1.807) is 54.6 Å². The van der Waals surface area contributed by atoms with E-state index in [-0.39, 0.29) is 4.92 Å². The average Bonchev–Trinajstić information content (AvgIpc) is 2.97. The SMILES string of the molecule is O=C(O)[C@H]1N[C@@H](c2ccccc2)[C@@H]([N+](=O)[O-])[C@@H]1c1ccccc1. The van der Waals surface area contributed by atoms with E-state index < -0.39 is 30.0 Å². The van der Waals surface area contributed by atoms with Gasteiger partial charge in [-0.1, -0.05) is 60.7 Å². The number of benzene rings is 2. The predicted molar refractivity (Wildman–Crippen MR) is 83.7 cm³/mol. The summed E-state index contributed by atoms with van der Waals surface area (Å²) in [5.41, 5.74) is 1.38. The molecular formula is C17H16N2O4. The molecule has 1 saturated heterocycles. The summed E-state index contributed by atoms with van der Waals surface area (Å²) in [5.74, 6) is -1.81. The first-order valence-corrected chi connectivity index (χ1v) is 7.32. The normalized spacial score (nSPS) is 26.8. The molecule has 1 aliphatic rings. The van der Waals surface area contributed by atoms with Crippen LogP contribution in [-0.4, -0.2) is 28.1 Å². The highest BCUT2D eigenvalue weighted by atomic mass is 16.6. The zero-order valence-corrected chi connectivity index (χ0v) is 12.2. The molecule has 2 aromatic carbocycles. The van der Waals surface area contributed by atoms with Crippen LogP contribution in [0.25, 0.3) is 0 Å². The smallest absolute Gasteiger partial charge is 0.321 e. The largest absolute Gasteiger partial charge is 0.480 e. The molecule has 2 aromatic rings. The van der Waals surface area contributed by atoms with Crippen molar-refractivity contribution in [3.8, 4) is 0 Å². The Labute approximate surface area is 132 Å². The molecule has 6 heteroatoms. The Morgan fingerprint density at radius 2 is 1.52 bits per heavy atom. The van der Waals surface area contributed by atoms with E-state index in [2.05, 4.69) is 5.32 Å². The zero-order chi connectivity index (χ0) is 16.4. The van der Waals surface area contributed by atoms with E-state index in [0.717, 1.165) is 5.56 Å². The second kappa shape index (κ2) is 6.18. The maximum atomic E-state index is 11.7. The number of nitro groups is 1. The Balaban J connectivity index is 2.07. The van der Waals surface area contributed by atoms with Crippen molar-refractivity contribution in [2.24, 2.45) is 0 Å². The Kier molecular flexibility index (Phi) is 4.08. The summed E-state index contributed by atoms with van der Waals surface area (Å²) in [5, 5.41) is 24.2. The van der Waals surface area contributed by atoms with Crippen LogP contribution >= 0.6 is 0 Å². The van der Waals surface area contributed by atoms with Crippen LogP contribution in [0.15, 0.2) is 60.7 Å². The number of nitrogens with one attached hydrogen (secondary N) is 1. The molecule has 1 fully saturated rings. The van der Waals surface area contributed by atoms with E-state index >= 15 is 0 Å². The van der Waals surface area contributed by atoms with Gasteiger partial charge in [0.2, 0.25) is 6.04 Å². The molecule has 1 aliphatic heterocycles. The number of carboxylic acids is 1. The molecule has 2 N–H and O–H groups in total. The molecule has 0 aromatic heterocycles. The maximum Gasteiger partial charge on any atom is 0.321 e. The zero-order valence-electron chi connectivity index (χ0n) is 12.2. The summed E-state index contributed by atoms with van der Waals surface area (Å²) in [7, 11) is 0. The summed E-state index contributed by atoms with van der Waals surface area (Å²) >= 11 is 0. The Hall–Kier alpha value is -2.73. The van der Waals surface area contributed by atoms with Crippen LogP contribution in [0, 0.1) is 10.1 Å². The predicted octanol–water partition coefficient (Wildman–Crippen LogP) is 2.21. The third kappa shape index (κ3) is 2.80. The standard InChI is InChI=1S/C17H16N2O4/c20-17(21)15-13(11-7-3-1-4-8-11)16(19(22)23)14(18-15)12-9-5-2-6-10-12/h1-10,13-16,18H,(H,20,21)/t13-,14+,15+,16+/m1/s1. The summed E-state index contributed by atoms with van der Waals surface area (Å²) in [6, 6.07) is 15.1. The lowest BCUT2D eigenvalue weighted by Gasteiger charge is -2.18. The van der Waals surface area contributed by atoms with Gasteiger partial charge in [0.1, 0.15) is 12.1 Å². The molecule has 0 aliphatic carbocycles. The Morgan fingerprint density at radius 3 is 2.00 bits per heavy atom. The number of carboxylic acid groups (broad SMARTS) is 1. The third-order valence-corrected chi connectivity index (χ3v) is 4.28. The van der Waals surface area contributed by atoms with Crippen LogP contribution in [-0.2, 0) is 4.79 Å². The number of aliphatic carboxylic acids is 1. The molecule has 0 spiro atoms. The van der Waals surface area contributed by atoms with E-state index in [4.69, 9.17) is 0 Å². The van der Waals surface area contributed by atoms with Crippen molar-refractivity contribution in [3.05, 3.63) is 81.9 Å². The lowest BCUT2D eigenvalue weighted by molar-refractivity contribution is -0.527. The Bertz CT molecular complexity index is 705. The minimum atomic E-state index is -1.08. The molecule has 118 valence electrons. The van der Waals surface area contributed by atoms with Gasteiger partial charge >= 0.3 is 5.97 Å². The molecule has 3 rings (SSSR count). The van der Waals surface area contributed by atoms with Gasteiger partial charge in [0.05, 0.1) is 5.92 Å². The van der Waals surface area contributed by atoms with Crippen molar-refractivity contribution in [2.75, 3.05) is 0 Å². The van der Waals surface area contributed by atoms with E-state index in [1.165, 1.54) is 0 Å². The molecule has 1 heterocycles. The highest BCUT2D eigenvalue weighted by Crippen LogP contribution is 2.40. The molecule has 0 unspecified atom stereocenters. The third-order valence-electron chi connectivity index (χ3n) is 4.28. The fourth-order valence-electron chi connectivity index (χ4n) is 3.30. The maximum absolute atomic E-state index is 11.7. The molecule has 0 radical (unpaired) electrons. The summed E-state index contributed by atoms with van der Waals surface area (Å²) in [6.07, 6.45) is 0. The molecule has 23 heavy (non-hydrogen) atoms. The number of hydrogen-bond acceptors (Lipinski definition) is 4. The van der Waals surface area contributed by atoms with Gasteiger partial charge in [0, 0.05) is 4.92 Å². The van der Waals surface area contributed by atoms with Crippen molar-refractivity contribution >= 4 is 5.97 Å². The fraction of sp³-hybridized carbons (Fsp3) is 0.235. The first kappa shape index (κ1) is 15.2. The van der Waals surface area contributed by atoms with Gasteiger partial charge in [-0.05, 0) is 11.1 Å². The van der Waals surface area contributed by atoms with Gasteiger partial charge in [-0.15, -0.1) is 0 Å². The van der Waals surface area contributed by atoms with E-state index in [9.17, 15) is 20.0 Å². The topological polar surface area (TPSA) is 92.5 Å². The first-order valence-electron chi connectivity index (χ1n) is 7.32. The lowest BCUT2D eigenvalue weighted by Crippen LogP contribution is -2.35. The molecular weight excluding hydrogens is 296 g/mol. The van der Waals surface area contributed by atoms with E-state index in [0.29, 0.717) is 5.56 Å². The fourth-order valence-corrected chi connectivity index (χ4v) is 3.30. The summed E-state index contributed by atoms with van der Waals surface area (Å²) < 4.78 is 0. The number of rotatable bonds is 4. The molecule has 6 nitrogen and oxygen atoms in total. The summed E-state index contributed by atoms with van der Waals surface area (Å²) in [4.78, 5) is 23.0. The molecule has 0 amide bonds. The van der Waals surface area contributed by atoms with Gasteiger partial charge in [0.25, 0.3) is 0 Å². The van der Waals surface area contributed by atoms with Crippen molar-refractivity contribution in [1.82, 2.24) is 5.32 Å². The van der Waals surface area contributed by atoms with Crippen LogP contribution in [0.5, 0.6) is 0 Å². The van der Waals surface area contributed by atoms with Crippen LogP contribution in [0.3, 0.4) is 0 Å². The van der Waals surface area contributed by atoms with Crippen LogP contribution in [0.4, 0.5) is 0 Å².